The van der Waals surface area contributed by atoms with Crippen LogP contribution in [0.25, 0.3) is 0 Å². The number of nitrogens with zero attached hydrogens (tertiary/aromatic N) is 2. The standard InChI is InChI=1S/C43H55ClN4O6/c1-11-42(7,8)28-20-23-34(31(25-28)43(9,10)12-2)54-24-16-19-35(49)45-29-21-22-32(44)33(26-29)46-38(51)36(37(50)41(4,5)6)48-39(52)27(3)47(40(48)53)30-17-14-13-15-18-30/h13-15,17-18,20-23,25-27,36H,11-12,16,19,24H2,1-10H3,(H,45,49)(H,46,51)/t27-,36+/m1/s1. The van der Waals surface area contributed by atoms with Crippen LogP contribution in [0.2, 0.25) is 5.02 Å². The summed E-state index contributed by atoms with van der Waals surface area (Å²) in [4.78, 5) is 70.0. The van der Waals surface area contributed by atoms with Crippen LogP contribution >= 0.6 is 11.6 Å². The van der Waals surface area contributed by atoms with Gasteiger partial charge in [0.05, 0.1) is 17.3 Å². The van der Waals surface area contributed by atoms with Crippen molar-refractivity contribution in [3.63, 3.8) is 0 Å². The number of halogens is 1. The number of hydrogen-bond acceptors (Lipinski definition) is 6. The number of hydrogen-bond donors (Lipinski definition) is 2. The summed E-state index contributed by atoms with van der Waals surface area (Å²) in [6.45, 7) is 20.0. The SMILES string of the molecule is CCC(C)(C)c1ccc(OCCCC(=O)Nc2ccc(Cl)c(NC(=O)[C@H](C(=O)C(C)(C)C)N3C(=O)[C@@H](C)N(c4ccccc4)C3=O)c2)c(C(C)(C)CC)c1. The lowest BCUT2D eigenvalue weighted by atomic mass is 9.76. The van der Waals surface area contributed by atoms with Gasteiger partial charge in [-0.15, -0.1) is 0 Å². The van der Waals surface area contributed by atoms with Gasteiger partial charge in [-0.1, -0.05) is 104 Å². The van der Waals surface area contributed by atoms with E-state index in [1.165, 1.54) is 22.6 Å². The van der Waals surface area contributed by atoms with E-state index < -0.39 is 41.1 Å². The van der Waals surface area contributed by atoms with E-state index in [0.717, 1.165) is 29.1 Å². The molecule has 0 spiro atoms. The molecule has 1 fully saturated rings. The second-order valence-corrected chi connectivity index (χ2v) is 16.7. The third kappa shape index (κ3) is 9.32. The van der Waals surface area contributed by atoms with E-state index in [9.17, 15) is 24.0 Å². The Morgan fingerprint density at radius 3 is 2.11 bits per heavy atom. The Hall–Kier alpha value is -4.70. The molecule has 290 valence electrons. The minimum absolute atomic E-state index is 0.0419. The fourth-order valence-corrected chi connectivity index (χ4v) is 6.32. The molecule has 0 aliphatic carbocycles. The minimum atomic E-state index is -1.77. The lowest BCUT2D eigenvalue weighted by Crippen LogP contribution is -2.55. The average Bonchev–Trinajstić information content (AvgIpc) is 3.34. The Bertz CT molecular complexity index is 1880. The molecule has 1 aliphatic heterocycles. The zero-order chi connectivity index (χ0) is 40.2. The molecule has 1 aliphatic rings. The van der Waals surface area contributed by atoms with Gasteiger partial charge >= 0.3 is 6.03 Å². The number of Topliss-reactive ketones (excluding diaryl/α,β-unsaturated/α-hetero) is 1. The summed E-state index contributed by atoms with van der Waals surface area (Å²) in [5.41, 5.74) is 2.21. The molecule has 3 aromatic rings. The highest BCUT2D eigenvalue weighted by molar-refractivity contribution is 6.34. The summed E-state index contributed by atoms with van der Waals surface area (Å²) in [7, 11) is 0. The van der Waals surface area contributed by atoms with E-state index in [2.05, 4.69) is 64.3 Å². The van der Waals surface area contributed by atoms with E-state index in [1.807, 2.05) is 6.07 Å². The number of urea groups is 1. The molecule has 0 unspecified atom stereocenters. The van der Waals surface area contributed by atoms with Crippen LogP contribution < -0.4 is 20.3 Å². The maximum Gasteiger partial charge on any atom is 0.333 e. The Morgan fingerprint density at radius 2 is 1.50 bits per heavy atom. The van der Waals surface area contributed by atoms with Gasteiger partial charge in [0.25, 0.3) is 11.8 Å². The molecule has 0 aromatic heterocycles. The first-order valence-electron chi connectivity index (χ1n) is 18.7. The maximum absolute atomic E-state index is 13.9. The molecule has 10 nitrogen and oxygen atoms in total. The first-order chi connectivity index (χ1) is 25.2. The maximum atomic E-state index is 13.9. The van der Waals surface area contributed by atoms with Crippen LogP contribution in [-0.4, -0.2) is 53.1 Å². The molecule has 2 atom stereocenters. The van der Waals surface area contributed by atoms with Gasteiger partial charge in [0.15, 0.2) is 11.8 Å². The lowest BCUT2D eigenvalue weighted by Gasteiger charge is -2.30. The molecular weight excluding hydrogens is 704 g/mol. The molecule has 5 amide bonds. The van der Waals surface area contributed by atoms with Crippen LogP contribution in [0.5, 0.6) is 5.75 Å². The Kier molecular flexibility index (Phi) is 13.0. The number of rotatable bonds is 15. The van der Waals surface area contributed by atoms with Crippen LogP contribution in [0.15, 0.2) is 66.7 Å². The zero-order valence-electron chi connectivity index (χ0n) is 33.3. The quantitative estimate of drug-likeness (QED) is 0.0905. The smallest absolute Gasteiger partial charge is 0.333 e. The second-order valence-electron chi connectivity index (χ2n) is 16.3. The highest BCUT2D eigenvalue weighted by atomic mass is 35.5. The van der Waals surface area contributed by atoms with Crippen molar-refractivity contribution in [1.82, 2.24) is 4.90 Å². The van der Waals surface area contributed by atoms with E-state index in [4.69, 9.17) is 16.3 Å². The fraction of sp³-hybridized carbons (Fsp3) is 0.465. The molecular formula is C43H55ClN4O6. The number of ether oxygens (including phenoxy) is 1. The van der Waals surface area contributed by atoms with Gasteiger partial charge in [-0.25, -0.2) is 9.69 Å². The third-order valence-electron chi connectivity index (χ3n) is 10.5. The number of ketones is 1. The number of carbonyl (C=O) groups is 5. The summed E-state index contributed by atoms with van der Waals surface area (Å²) >= 11 is 6.47. The molecule has 0 bridgehead atoms. The van der Waals surface area contributed by atoms with Gasteiger partial charge in [-0.05, 0) is 79.0 Å². The molecule has 3 aromatic carbocycles. The molecule has 0 radical (unpaired) electrons. The largest absolute Gasteiger partial charge is 0.493 e. The van der Waals surface area contributed by atoms with Crippen molar-refractivity contribution in [3.05, 3.63) is 82.9 Å². The van der Waals surface area contributed by atoms with Crippen LogP contribution in [0.3, 0.4) is 0 Å². The van der Waals surface area contributed by atoms with Crippen molar-refractivity contribution in [2.24, 2.45) is 5.41 Å². The van der Waals surface area contributed by atoms with Gasteiger partial charge in [0.2, 0.25) is 5.91 Å². The van der Waals surface area contributed by atoms with E-state index >= 15 is 0 Å². The van der Waals surface area contributed by atoms with Gasteiger partial charge in [0.1, 0.15) is 11.8 Å². The Labute approximate surface area is 325 Å². The van der Waals surface area contributed by atoms with Crippen molar-refractivity contribution >= 4 is 58.2 Å². The van der Waals surface area contributed by atoms with Crippen LogP contribution in [0.1, 0.15) is 106 Å². The molecule has 1 saturated heterocycles. The highest BCUT2D eigenvalue weighted by Crippen LogP contribution is 2.39. The first-order valence-corrected chi connectivity index (χ1v) is 19.0. The lowest BCUT2D eigenvalue weighted by molar-refractivity contribution is -0.143. The molecule has 11 heteroatoms. The fourth-order valence-electron chi connectivity index (χ4n) is 6.15. The highest BCUT2D eigenvalue weighted by Gasteiger charge is 2.52. The molecule has 2 N–H and O–H groups in total. The molecule has 0 saturated carbocycles. The zero-order valence-corrected chi connectivity index (χ0v) is 34.0. The number of para-hydroxylation sites is 1. The first kappa shape index (κ1) is 42.0. The molecule has 1 heterocycles. The predicted octanol–water partition coefficient (Wildman–Crippen LogP) is 9.29. The number of amides is 5. The Morgan fingerprint density at radius 1 is 0.852 bits per heavy atom. The monoisotopic (exact) mass is 758 g/mol. The van der Waals surface area contributed by atoms with Crippen molar-refractivity contribution in [1.29, 1.82) is 0 Å². The van der Waals surface area contributed by atoms with Crippen molar-refractivity contribution in [2.45, 2.75) is 118 Å². The van der Waals surface area contributed by atoms with Crippen LogP contribution in [-0.2, 0) is 30.0 Å². The number of carbonyl (C=O) groups excluding carboxylic acids is 5. The summed E-state index contributed by atoms with van der Waals surface area (Å²) in [5.74, 6) is -1.66. The number of anilines is 3. The summed E-state index contributed by atoms with van der Waals surface area (Å²) < 4.78 is 6.24. The number of nitrogens with one attached hydrogen (secondary N) is 2. The summed E-state index contributed by atoms with van der Waals surface area (Å²) in [6, 6.07) is 16.1. The molecule has 4 rings (SSSR count). The van der Waals surface area contributed by atoms with E-state index in [-0.39, 0.29) is 33.9 Å². The second kappa shape index (κ2) is 16.8. The summed E-state index contributed by atoms with van der Waals surface area (Å²) in [6.07, 6.45) is 2.60. The minimum Gasteiger partial charge on any atom is -0.493 e. The van der Waals surface area contributed by atoms with Gasteiger partial charge in [-0.3, -0.25) is 24.1 Å². The molecule has 54 heavy (non-hydrogen) atoms. The van der Waals surface area contributed by atoms with Gasteiger partial charge < -0.3 is 15.4 Å². The van der Waals surface area contributed by atoms with Crippen LogP contribution in [0.4, 0.5) is 21.9 Å². The predicted molar refractivity (Wildman–Crippen MR) is 215 cm³/mol. The van der Waals surface area contributed by atoms with Gasteiger partial charge in [0, 0.05) is 28.8 Å². The third-order valence-corrected chi connectivity index (χ3v) is 10.8. The van der Waals surface area contributed by atoms with Crippen molar-refractivity contribution in [2.75, 3.05) is 22.1 Å². The summed E-state index contributed by atoms with van der Waals surface area (Å²) in [5, 5.41) is 5.61. The van der Waals surface area contributed by atoms with E-state index in [0.29, 0.717) is 24.4 Å². The topological polar surface area (TPSA) is 125 Å². The van der Waals surface area contributed by atoms with Crippen molar-refractivity contribution < 1.29 is 28.7 Å². The van der Waals surface area contributed by atoms with Crippen molar-refractivity contribution in [3.8, 4) is 5.75 Å². The number of benzene rings is 3. The van der Waals surface area contributed by atoms with E-state index in [1.54, 1.807) is 64.1 Å². The Balaban J connectivity index is 1.45. The van der Waals surface area contributed by atoms with Gasteiger partial charge in [-0.2, -0.15) is 0 Å². The number of imide groups is 1. The van der Waals surface area contributed by atoms with Crippen LogP contribution in [0, 0.1) is 5.41 Å². The average molecular weight is 759 g/mol. The normalized spacial score (nSPS) is 15.6.